The highest BCUT2D eigenvalue weighted by Gasteiger charge is 2.40. The van der Waals surface area contributed by atoms with Crippen molar-refractivity contribution in [1.29, 1.82) is 0 Å². The highest BCUT2D eigenvalue weighted by molar-refractivity contribution is 5.95. The Kier molecular flexibility index (Phi) is 5.74. The molecule has 2 aromatic carbocycles. The lowest BCUT2D eigenvalue weighted by Crippen LogP contribution is -2.56. The molecule has 0 aliphatic carbocycles. The second kappa shape index (κ2) is 8.84. The molecule has 2 aromatic rings. The summed E-state index contributed by atoms with van der Waals surface area (Å²) in [5, 5.41) is 0. The van der Waals surface area contributed by atoms with Crippen LogP contribution in [0.15, 0.2) is 36.4 Å². The lowest BCUT2D eigenvalue weighted by Gasteiger charge is -2.47. The fraction of sp³-hybridized carbons (Fsp3) is 0.440. The Morgan fingerprint density at radius 3 is 2.55 bits per heavy atom. The van der Waals surface area contributed by atoms with E-state index in [1.54, 1.807) is 32.4 Å². The van der Waals surface area contributed by atoms with Crippen molar-refractivity contribution in [3.63, 3.8) is 0 Å². The Morgan fingerprint density at radius 2 is 1.79 bits per heavy atom. The first-order valence-electron chi connectivity index (χ1n) is 11.3. The number of hydrogen-bond donors (Lipinski definition) is 0. The Labute approximate surface area is 193 Å². The minimum Gasteiger partial charge on any atom is -0.497 e. The molecule has 174 valence electrons. The van der Waals surface area contributed by atoms with Crippen molar-refractivity contribution in [3.8, 4) is 23.0 Å². The van der Waals surface area contributed by atoms with Crippen LogP contribution in [0.25, 0.3) is 0 Å². The summed E-state index contributed by atoms with van der Waals surface area (Å²) in [6, 6.07) is 11.2. The number of amides is 2. The molecular formula is C25H28N2O6. The molecular weight excluding hydrogens is 424 g/mol. The highest BCUT2D eigenvalue weighted by Crippen LogP contribution is 2.36. The number of methoxy groups -OCH3 is 2. The maximum absolute atomic E-state index is 13.3. The summed E-state index contributed by atoms with van der Waals surface area (Å²) in [5.41, 5.74) is 1.57. The van der Waals surface area contributed by atoms with E-state index in [2.05, 4.69) is 0 Å². The number of rotatable bonds is 5. The Bertz CT molecular complexity index is 1050. The van der Waals surface area contributed by atoms with Crippen molar-refractivity contribution in [2.75, 3.05) is 34.1 Å². The molecule has 8 nitrogen and oxygen atoms in total. The van der Waals surface area contributed by atoms with Crippen LogP contribution in [0.3, 0.4) is 0 Å². The normalized spacial score (nSPS) is 21.6. The summed E-state index contributed by atoms with van der Waals surface area (Å²) >= 11 is 0. The van der Waals surface area contributed by atoms with E-state index in [9.17, 15) is 9.59 Å². The number of benzene rings is 2. The van der Waals surface area contributed by atoms with Gasteiger partial charge in [-0.3, -0.25) is 9.59 Å². The molecule has 8 heteroatoms. The van der Waals surface area contributed by atoms with Gasteiger partial charge in [-0.1, -0.05) is 6.07 Å². The summed E-state index contributed by atoms with van der Waals surface area (Å²) in [6.07, 6.45) is 2.06. The van der Waals surface area contributed by atoms with E-state index in [4.69, 9.17) is 18.9 Å². The predicted octanol–water partition coefficient (Wildman–Crippen LogP) is 3.09. The van der Waals surface area contributed by atoms with Gasteiger partial charge < -0.3 is 28.7 Å². The third-order valence-corrected chi connectivity index (χ3v) is 6.82. The smallest absolute Gasteiger partial charge is 0.254 e. The van der Waals surface area contributed by atoms with E-state index in [0.29, 0.717) is 43.1 Å². The van der Waals surface area contributed by atoms with E-state index in [-0.39, 0.29) is 30.6 Å². The van der Waals surface area contributed by atoms with Crippen molar-refractivity contribution < 1.29 is 28.5 Å². The molecule has 5 rings (SSSR count). The summed E-state index contributed by atoms with van der Waals surface area (Å²) in [5.74, 6) is 3.03. The lowest BCUT2D eigenvalue weighted by molar-refractivity contribution is -0.141. The molecule has 0 N–H and O–H groups in total. The first-order chi connectivity index (χ1) is 16.1. The van der Waals surface area contributed by atoms with Crippen molar-refractivity contribution in [2.45, 2.75) is 31.8 Å². The molecule has 0 spiro atoms. The van der Waals surface area contributed by atoms with Crippen LogP contribution in [0.4, 0.5) is 0 Å². The van der Waals surface area contributed by atoms with Crippen LogP contribution < -0.4 is 18.9 Å². The number of carbonyl (C=O) groups is 2. The standard InChI is InChI=1S/C25H28N2O6/c1-30-19-10-18(11-20(12-19)31-2)25(29)26-8-7-21-17(14-26)4-6-24(28)27(21)13-16-3-5-22-23(9-16)33-15-32-22/h3,5,9-12,17,21H,4,6-8,13-15H2,1-2H3/t17-,21+/m1/s1. The number of likely N-dealkylation sites (tertiary alicyclic amines) is 2. The molecule has 0 radical (unpaired) electrons. The summed E-state index contributed by atoms with van der Waals surface area (Å²) in [7, 11) is 3.14. The quantitative estimate of drug-likeness (QED) is 0.694. The second-order valence-electron chi connectivity index (χ2n) is 8.72. The number of ether oxygens (including phenoxy) is 4. The molecule has 0 bridgehead atoms. The van der Waals surface area contributed by atoms with E-state index >= 15 is 0 Å². The van der Waals surface area contributed by atoms with Gasteiger partial charge in [-0.05, 0) is 48.6 Å². The molecule has 0 aromatic heterocycles. The highest BCUT2D eigenvalue weighted by atomic mass is 16.7. The zero-order chi connectivity index (χ0) is 22.9. The number of nitrogens with zero attached hydrogens (tertiary/aromatic N) is 2. The topological polar surface area (TPSA) is 77.5 Å². The van der Waals surface area contributed by atoms with Crippen molar-refractivity contribution >= 4 is 11.8 Å². The van der Waals surface area contributed by atoms with Gasteiger partial charge in [-0.2, -0.15) is 0 Å². The van der Waals surface area contributed by atoms with Crippen molar-refractivity contribution in [2.24, 2.45) is 5.92 Å². The zero-order valence-electron chi connectivity index (χ0n) is 18.9. The molecule has 3 aliphatic rings. The average molecular weight is 453 g/mol. The van der Waals surface area contributed by atoms with Gasteiger partial charge in [0.1, 0.15) is 11.5 Å². The van der Waals surface area contributed by atoms with Gasteiger partial charge >= 0.3 is 0 Å². The first kappa shape index (κ1) is 21.4. The molecule has 33 heavy (non-hydrogen) atoms. The maximum Gasteiger partial charge on any atom is 0.254 e. The molecule has 2 amide bonds. The van der Waals surface area contributed by atoms with Crippen LogP contribution in [0.5, 0.6) is 23.0 Å². The van der Waals surface area contributed by atoms with Gasteiger partial charge in [-0.15, -0.1) is 0 Å². The molecule has 0 unspecified atom stereocenters. The maximum atomic E-state index is 13.3. The van der Waals surface area contributed by atoms with E-state index in [1.807, 2.05) is 28.0 Å². The van der Waals surface area contributed by atoms with Crippen LogP contribution >= 0.6 is 0 Å². The van der Waals surface area contributed by atoms with Crippen LogP contribution in [0.1, 0.15) is 35.2 Å². The van der Waals surface area contributed by atoms with Crippen LogP contribution in [0.2, 0.25) is 0 Å². The lowest BCUT2D eigenvalue weighted by atomic mass is 9.83. The third-order valence-electron chi connectivity index (χ3n) is 6.82. The Balaban J connectivity index is 1.30. The fourth-order valence-corrected chi connectivity index (χ4v) is 5.09. The van der Waals surface area contributed by atoms with Crippen molar-refractivity contribution in [1.82, 2.24) is 9.80 Å². The van der Waals surface area contributed by atoms with Gasteiger partial charge in [0, 0.05) is 43.7 Å². The minimum absolute atomic E-state index is 0.0372. The SMILES string of the molecule is COc1cc(OC)cc(C(=O)N2CC[C@H]3[C@H](CCC(=O)N3Cc3ccc4c(c3)OCO4)C2)c1. The molecule has 2 saturated heterocycles. The molecule has 3 heterocycles. The number of fused-ring (bicyclic) bond motifs is 2. The molecule has 3 aliphatic heterocycles. The Hall–Kier alpha value is -3.42. The van der Waals surface area contributed by atoms with Crippen LogP contribution in [-0.2, 0) is 11.3 Å². The Morgan fingerprint density at radius 1 is 1.03 bits per heavy atom. The summed E-state index contributed by atoms with van der Waals surface area (Å²) in [4.78, 5) is 30.0. The first-order valence-corrected chi connectivity index (χ1v) is 11.3. The summed E-state index contributed by atoms with van der Waals surface area (Å²) < 4.78 is 21.5. The van der Waals surface area contributed by atoms with Gasteiger partial charge in [0.05, 0.1) is 14.2 Å². The van der Waals surface area contributed by atoms with E-state index in [0.717, 1.165) is 29.9 Å². The van der Waals surface area contributed by atoms with E-state index < -0.39 is 0 Å². The molecule has 2 atom stereocenters. The van der Waals surface area contributed by atoms with Crippen molar-refractivity contribution in [3.05, 3.63) is 47.5 Å². The monoisotopic (exact) mass is 452 g/mol. The number of piperidine rings is 2. The molecule has 2 fully saturated rings. The minimum atomic E-state index is -0.0372. The van der Waals surface area contributed by atoms with E-state index in [1.165, 1.54) is 0 Å². The number of carbonyl (C=O) groups excluding carboxylic acids is 2. The summed E-state index contributed by atoms with van der Waals surface area (Å²) in [6.45, 7) is 2.01. The predicted molar refractivity (Wildman–Crippen MR) is 120 cm³/mol. The average Bonchev–Trinajstić information content (AvgIpc) is 3.32. The van der Waals surface area contributed by atoms with Gasteiger partial charge in [-0.25, -0.2) is 0 Å². The fourth-order valence-electron chi connectivity index (χ4n) is 5.09. The third kappa shape index (κ3) is 4.17. The second-order valence-corrected chi connectivity index (χ2v) is 8.72. The van der Waals surface area contributed by atoms with Crippen LogP contribution in [0, 0.1) is 5.92 Å². The van der Waals surface area contributed by atoms with Gasteiger partial charge in [0.25, 0.3) is 5.91 Å². The zero-order valence-corrected chi connectivity index (χ0v) is 18.9. The van der Waals surface area contributed by atoms with Gasteiger partial charge in [0.15, 0.2) is 11.5 Å². The van der Waals surface area contributed by atoms with Crippen LogP contribution in [-0.4, -0.2) is 61.8 Å². The number of hydrogen-bond acceptors (Lipinski definition) is 6. The largest absolute Gasteiger partial charge is 0.497 e. The van der Waals surface area contributed by atoms with Gasteiger partial charge in [0.2, 0.25) is 12.7 Å². The molecule has 0 saturated carbocycles.